The van der Waals surface area contributed by atoms with E-state index in [2.05, 4.69) is 21.3 Å². The summed E-state index contributed by atoms with van der Waals surface area (Å²) in [6, 6.07) is 15.4. The fourth-order valence-electron chi connectivity index (χ4n) is 5.46. The van der Waals surface area contributed by atoms with Gasteiger partial charge in [-0.25, -0.2) is 19.2 Å². The average molecular weight is 953 g/mol. The SMILES string of the molecule is CCCCNc1ccc(C(=O)O)cc1[N+](=O)[O-].CCCCNc1ccc(C(=O)O)cc1[N+](=O)[O-].CCCCNc1ccc(C(=O)O)cc1[N+](=O)[O-].CCCCNc1ccc(C(=O)O)cc1[N+](=O)[O-]. The van der Waals surface area contributed by atoms with Gasteiger partial charge in [0, 0.05) is 50.4 Å². The van der Waals surface area contributed by atoms with Crippen molar-refractivity contribution in [2.75, 3.05) is 47.4 Å². The van der Waals surface area contributed by atoms with Gasteiger partial charge >= 0.3 is 23.9 Å². The second kappa shape index (κ2) is 30.7. The molecule has 4 rings (SSSR count). The number of unbranched alkanes of at least 4 members (excludes halogenated alkanes) is 4. The van der Waals surface area contributed by atoms with Gasteiger partial charge in [-0.1, -0.05) is 53.4 Å². The molecule has 0 spiro atoms. The van der Waals surface area contributed by atoms with E-state index in [0.717, 1.165) is 75.6 Å². The molecule has 0 fully saturated rings. The molecule has 0 bridgehead atoms. The molecule has 0 aromatic heterocycles. The van der Waals surface area contributed by atoms with Crippen LogP contribution in [-0.4, -0.2) is 90.2 Å². The first-order valence-corrected chi connectivity index (χ1v) is 21.3. The Morgan fingerprint density at radius 1 is 0.382 bits per heavy atom. The van der Waals surface area contributed by atoms with Gasteiger partial charge in [-0.15, -0.1) is 0 Å². The van der Waals surface area contributed by atoms with E-state index >= 15 is 0 Å². The molecular weight excluding hydrogens is 897 g/mol. The maximum atomic E-state index is 10.8. The Hall–Kier alpha value is -8.44. The molecule has 4 aromatic rings. The van der Waals surface area contributed by atoms with Gasteiger partial charge in [0.25, 0.3) is 22.7 Å². The van der Waals surface area contributed by atoms with Crippen LogP contribution in [-0.2, 0) is 0 Å². The predicted molar refractivity (Wildman–Crippen MR) is 254 cm³/mol. The van der Waals surface area contributed by atoms with Crippen molar-refractivity contribution in [3.63, 3.8) is 0 Å². The van der Waals surface area contributed by atoms with E-state index in [-0.39, 0.29) is 45.0 Å². The molecule has 24 nitrogen and oxygen atoms in total. The van der Waals surface area contributed by atoms with Crippen molar-refractivity contribution in [2.24, 2.45) is 0 Å². The van der Waals surface area contributed by atoms with Crippen LogP contribution in [0.5, 0.6) is 0 Å². The minimum atomic E-state index is -1.17. The van der Waals surface area contributed by atoms with Gasteiger partial charge in [0.05, 0.1) is 41.9 Å². The molecule has 4 aromatic carbocycles. The highest BCUT2D eigenvalue weighted by atomic mass is 16.6. The highest BCUT2D eigenvalue weighted by Gasteiger charge is 2.20. The van der Waals surface area contributed by atoms with Crippen molar-refractivity contribution in [1.29, 1.82) is 0 Å². The molecule has 0 amide bonds. The summed E-state index contributed by atoms with van der Waals surface area (Å²) in [5, 5.41) is 89.9. The minimum Gasteiger partial charge on any atom is -0.478 e. The topological polar surface area (TPSA) is 370 Å². The number of nitro groups is 4. The molecule has 68 heavy (non-hydrogen) atoms. The molecule has 0 saturated heterocycles. The largest absolute Gasteiger partial charge is 0.478 e. The van der Waals surface area contributed by atoms with Crippen molar-refractivity contribution >= 4 is 69.4 Å². The lowest BCUT2D eigenvalue weighted by molar-refractivity contribution is -0.384. The zero-order valence-corrected chi connectivity index (χ0v) is 37.9. The van der Waals surface area contributed by atoms with Gasteiger partial charge in [0.15, 0.2) is 0 Å². The van der Waals surface area contributed by atoms with Crippen molar-refractivity contribution in [3.8, 4) is 0 Å². The van der Waals surface area contributed by atoms with Crippen LogP contribution in [0, 0.1) is 40.5 Å². The number of hydrogen-bond donors (Lipinski definition) is 8. The molecular formula is C44H56N8O16. The number of nitrogens with one attached hydrogen (secondary N) is 4. The van der Waals surface area contributed by atoms with E-state index < -0.39 is 43.6 Å². The number of nitro benzene ring substituents is 4. The second-order valence-corrected chi connectivity index (χ2v) is 14.3. The highest BCUT2D eigenvalue weighted by Crippen LogP contribution is 2.29. The molecule has 8 N–H and O–H groups in total. The van der Waals surface area contributed by atoms with Crippen LogP contribution in [0.1, 0.15) is 120 Å². The van der Waals surface area contributed by atoms with Crippen molar-refractivity contribution < 1.29 is 59.3 Å². The fraction of sp³-hybridized carbons (Fsp3) is 0.364. The molecule has 0 saturated carbocycles. The Kier molecular flexibility index (Phi) is 26.0. The van der Waals surface area contributed by atoms with Gasteiger partial charge in [-0.3, -0.25) is 40.5 Å². The van der Waals surface area contributed by atoms with Crippen LogP contribution < -0.4 is 21.3 Å². The number of aromatic carboxylic acids is 4. The monoisotopic (exact) mass is 952 g/mol. The lowest BCUT2D eigenvalue weighted by atomic mass is 10.1. The lowest BCUT2D eigenvalue weighted by Crippen LogP contribution is -2.05. The van der Waals surface area contributed by atoms with Gasteiger partial charge in [-0.2, -0.15) is 0 Å². The summed E-state index contributed by atoms with van der Waals surface area (Å²) in [6.07, 6.45) is 7.52. The van der Waals surface area contributed by atoms with Crippen molar-refractivity contribution in [1.82, 2.24) is 0 Å². The Balaban J connectivity index is 0.000000453. The van der Waals surface area contributed by atoms with E-state index in [0.29, 0.717) is 48.9 Å². The number of anilines is 4. The third kappa shape index (κ3) is 20.2. The summed E-state index contributed by atoms with van der Waals surface area (Å²) >= 11 is 0. The first-order chi connectivity index (χ1) is 32.2. The predicted octanol–water partition coefficient (Wildman–Crippen LogP) is 10.0. The van der Waals surface area contributed by atoms with Crippen LogP contribution >= 0.6 is 0 Å². The summed E-state index contributed by atoms with van der Waals surface area (Å²) < 4.78 is 0. The van der Waals surface area contributed by atoms with Gasteiger partial charge in [0.2, 0.25) is 0 Å². The molecule has 0 radical (unpaired) electrons. The molecule has 0 atom stereocenters. The van der Waals surface area contributed by atoms with Crippen LogP contribution in [0.2, 0.25) is 0 Å². The number of benzene rings is 4. The summed E-state index contributed by atoms with van der Waals surface area (Å²) in [6.45, 7) is 10.6. The number of carboxylic acids is 4. The average Bonchev–Trinajstić information content (AvgIpc) is 3.29. The summed E-state index contributed by atoms with van der Waals surface area (Å²) in [4.78, 5) is 83.7. The van der Waals surface area contributed by atoms with Gasteiger partial charge in [0.1, 0.15) is 22.7 Å². The van der Waals surface area contributed by atoms with E-state index in [1.165, 1.54) is 48.5 Å². The molecule has 368 valence electrons. The normalized spacial score (nSPS) is 9.94. The van der Waals surface area contributed by atoms with Crippen molar-refractivity contribution in [3.05, 3.63) is 136 Å². The van der Waals surface area contributed by atoms with Crippen molar-refractivity contribution in [2.45, 2.75) is 79.1 Å². The zero-order valence-electron chi connectivity index (χ0n) is 37.9. The van der Waals surface area contributed by atoms with E-state index in [4.69, 9.17) is 20.4 Å². The minimum absolute atomic E-state index is 0.0854. The summed E-state index contributed by atoms with van der Waals surface area (Å²) in [5.41, 5.74) is 0.249. The van der Waals surface area contributed by atoms with Gasteiger partial charge < -0.3 is 41.7 Å². The van der Waals surface area contributed by atoms with E-state index in [9.17, 15) is 59.6 Å². The Morgan fingerprint density at radius 2 is 0.559 bits per heavy atom. The van der Waals surface area contributed by atoms with Crippen LogP contribution in [0.15, 0.2) is 72.8 Å². The van der Waals surface area contributed by atoms with Crippen LogP contribution in [0.4, 0.5) is 45.5 Å². The number of carbonyl (C=O) groups is 4. The first-order valence-electron chi connectivity index (χ1n) is 21.3. The molecule has 0 aliphatic heterocycles. The van der Waals surface area contributed by atoms with Crippen LogP contribution in [0.25, 0.3) is 0 Å². The number of carboxylic acid groups (broad SMARTS) is 4. The smallest absolute Gasteiger partial charge is 0.335 e. The first kappa shape index (κ1) is 57.6. The summed E-state index contributed by atoms with van der Waals surface area (Å²) in [7, 11) is 0. The number of hydrogen-bond acceptors (Lipinski definition) is 16. The van der Waals surface area contributed by atoms with Gasteiger partial charge in [-0.05, 0) is 74.2 Å². The highest BCUT2D eigenvalue weighted by molar-refractivity contribution is 5.91. The van der Waals surface area contributed by atoms with E-state index in [1.54, 1.807) is 0 Å². The third-order valence-corrected chi connectivity index (χ3v) is 9.15. The fourth-order valence-corrected chi connectivity index (χ4v) is 5.46. The third-order valence-electron chi connectivity index (χ3n) is 9.15. The lowest BCUT2D eigenvalue weighted by Gasteiger charge is -2.06. The van der Waals surface area contributed by atoms with E-state index in [1.807, 2.05) is 27.7 Å². The Bertz CT molecular complexity index is 2050. The Labute approximate surface area is 390 Å². The maximum absolute atomic E-state index is 10.8. The number of rotatable bonds is 24. The Morgan fingerprint density at radius 3 is 0.691 bits per heavy atom. The second-order valence-electron chi connectivity index (χ2n) is 14.3. The molecule has 0 heterocycles. The quantitative estimate of drug-likeness (QED) is 0.0184. The molecule has 0 aliphatic carbocycles. The molecule has 0 unspecified atom stereocenters. The maximum Gasteiger partial charge on any atom is 0.335 e. The zero-order chi connectivity index (χ0) is 51.3. The summed E-state index contributed by atoms with van der Waals surface area (Å²) in [5.74, 6) is -4.69. The molecule has 24 heteroatoms. The van der Waals surface area contributed by atoms with Crippen LogP contribution in [0.3, 0.4) is 0 Å². The molecule has 0 aliphatic rings. The standard InChI is InChI=1S/4C11H14N2O4/c4*1-2-3-6-12-9-5-4-8(11(14)15)7-10(9)13(16)17/h4*4-5,7,12H,2-3,6H2,1H3,(H,14,15). The number of nitrogens with zero attached hydrogens (tertiary/aromatic N) is 4.